The van der Waals surface area contributed by atoms with Gasteiger partial charge in [-0.2, -0.15) is 0 Å². The zero-order valence-corrected chi connectivity index (χ0v) is 20.4. The number of alkyl carbamates (subject to hydrolysis) is 1. The van der Waals surface area contributed by atoms with E-state index in [4.69, 9.17) is 13.9 Å². The van der Waals surface area contributed by atoms with Crippen molar-refractivity contribution in [2.75, 3.05) is 19.7 Å². The van der Waals surface area contributed by atoms with Gasteiger partial charge in [0.05, 0.1) is 0 Å². The summed E-state index contributed by atoms with van der Waals surface area (Å²) in [6.07, 6.45) is 1.81. The van der Waals surface area contributed by atoms with E-state index in [0.717, 1.165) is 0 Å². The average molecular weight is 428 g/mol. The zero-order valence-electron chi connectivity index (χ0n) is 19.4. The van der Waals surface area contributed by atoms with Gasteiger partial charge in [0, 0.05) is 19.5 Å². The first kappa shape index (κ1) is 25.5. The number of amides is 2. The molecule has 1 N–H and O–H groups in total. The Morgan fingerprint density at radius 2 is 1.86 bits per heavy atom. The van der Waals surface area contributed by atoms with E-state index in [1.165, 1.54) is 6.08 Å². The van der Waals surface area contributed by atoms with Gasteiger partial charge in [0.1, 0.15) is 17.9 Å². The molecule has 1 aliphatic rings. The molecule has 0 aromatic heterocycles. The number of rotatable bonds is 7. The summed E-state index contributed by atoms with van der Waals surface area (Å²) < 4.78 is 17.1. The van der Waals surface area contributed by atoms with Crippen LogP contribution in [0.3, 0.4) is 0 Å². The molecule has 0 aliphatic carbocycles. The molecule has 29 heavy (non-hydrogen) atoms. The lowest BCUT2D eigenvalue weighted by Crippen LogP contribution is -2.54. The minimum atomic E-state index is -1.12. The summed E-state index contributed by atoms with van der Waals surface area (Å²) in [5.74, 6) is 0.254. The van der Waals surface area contributed by atoms with Gasteiger partial charge < -0.3 is 19.2 Å². The third-order valence-electron chi connectivity index (χ3n) is 4.81. The first-order valence-electron chi connectivity index (χ1n) is 10.2. The number of carbonyl (C=O) groups is 2. The van der Waals surface area contributed by atoms with Crippen molar-refractivity contribution in [3.05, 3.63) is 12.7 Å². The summed E-state index contributed by atoms with van der Waals surface area (Å²) in [6.45, 7) is 20.8. The molecular weight excluding hydrogens is 388 g/mol. The van der Waals surface area contributed by atoms with Gasteiger partial charge in [-0.1, -0.05) is 33.4 Å². The van der Waals surface area contributed by atoms with E-state index in [-0.39, 0.29) is 24.0 Å². The molecular formula is C21H39N2O5Si. The Morgan fingerprint density at radius 3 is 2.34 bits per heavy atom. The fourth-order valence-electron chi connectivity index (χ4n) is 3.39. The fraction of sp³-hybridized carbons (Fsp3) is 0.810. The summed E-state index contributed by atoms with van der Waals surface area (Å²) in [4.78, 5) is 26.6. The van der Waals surface area contributed by atoms with Crippen LogP contribution in [0.5, 0.6) is 0 Å². The van der Waals surface area contributed by atoms with Crippen LogP contribution in [0.4, 0.5) is 9.59 Å². The number of hydrogen-bond donors (Lipinski definition) is 1. The third-order valence-corrected chi connectivity index (χ3v) is 5.60. The van der Waals surface area contributed by atoms with E-state index < -0.39 is 26.5 Å². The molecule has 0 unspecified atom stereocenters. The van der Waals surface area contributed by atoms with Crippen LogP contribution in [0.25, 0.3) is 0 Å². The van der Waals surface area contributed by atoms with Crippen molar-refractivity contribution in [3.63, 3.8) is 0 Å². The second kappa shape index (κ2) is 9.98. The first-order valence-corrected chi connectivity index (χ1v) is 12.6. The van der Waals surface area contributed by atoms with Crippen molar-refractivity contribution < 1.29 is 23.5 Å². The lowest BCUT2D eigenvalue weighted by Gasteiger charge is -2.40. The highest BCUT2D eigenvalue weighted by Gasteiger charge is 2.52. The molecule has 167 valence electrons. The SMILES string of the molecule is C=CCOC(=O)NCC[C@]1(O[Si](C)C)C[C@H](C(C)(C)C)CN1C(=O)OC(C)(C)C. The molecule has 0 aromatic rings. The van der Waals surface area contributed by atoms with Gasteiger partial charge in [-0.15, -0.1) is 0 Å². The molecule has 0 bridgehead atoms. The normalized spacial score (nSPS) is 22.5. The second-order valence-corrected chi connectivity index (χ2v) is 11.9. The highest BCUT2D eigenvalue weighted by Crippen LogP contribution is 2.45. The Bertz CT molecular complexity index is 583. The van der Waals surface area contributed by atoms with Crippen molar-refractivity contribution in [2.45, 2.75) is 78.8 Å². The quantitative estimate of drug-likeness (QED) is 0.476. The van der Waals surface area contributed by atoms with Gasteiger partial charge in [-0.3, -0.25) is 4.90 Å². The topological polar surface area (TPSA) is 77.1 Å². The minimum Gasteiger partial charge on any atom is -0.445 e. The highest BCUT2D eigenvalue weighted by atomic mass is 28.3. The smallest absolute Gasteiger partial charge is 0.412 e. The van der Waals surface area contributed by atoms with Crippen LogP contribution in [-0.4, -0.2) is 57.1 Å². The molecule has 1 radical (unpaired) electrons. The predicted octanol–water partition coefficient (Wildman–Crippen LogP) is 4.56. The number of likely N-dealkylation sites (tertiary alicyclic amines) is 1. The maximum absolute atomic E-state index is 13.1. The Labute approximate surface area is 177 Å². The average Bonchev–Trinajstić information content (AvgIpc) is 2.90. The molecule has 7 nitrogen and oxygen atoms in total. The van der Waals surface area contributed by atoms with Gasteiger partial charge >= 0.3 is 12.2 Å². The Balaban J connectivity index is 3.08. The van der Waals surface area contributed by atoms with Gasteiger partial charge in [0.15, 0.2) is 0 Å². The summed E-state index contributed by atoms with van der Waals surface area (Å²) in [6, 6.07) is 0. The summed E-state index contributed by atoms with van der Waals surface area (Å²) in [7, 11) is -1.12. The van der Waals surface area contributed by atoms with Crippen LogP contribution in [0.2, 0.25) is 13.1 Å². The van der Waals surface area contributed by atoms with E-state index in [1.54, 1.807) is 4.90 Å². The van der Waals surface area contributed by atoms with Crippen LogP contribution in [0.15, 0.2) is 12.7 Å². The fourth-order valence-corrected chi connectivity index (χ4v) is 4.45. The van der Waals surface area contributed by atoms with Gasteiger partial charge in [0.2, 0.25) is 9.04 Å². The number of nitrogens with zero attached hydrogens (tertiary/aromatic N) is 1. The van der Waals surface area contributed by atoms with Crippen LogP contribution in [-0.2, 0) is 13.9 Å². The largest absolute Gasteiger partial charge is 0.445 e. The molecule has 2 amide bonds. The minimum absolute atomic E-state index is 0.01000. The van der Waals surface area contributed by atoms with E-state index in [9.17, 15) is 9.59 Å². The van der Waals surface area contributed by atoms with Crippen molar-refractivity contribution in [2.24, 2.45) is 11.3 Å². The number of carbonyl (C=O) groups excluding carboxylic acids is 2. The van der Waals surface area contributed by atoms with E-state index in [2.05, 4.69) is 45.8 Å². The molecule has 1 aliphatic heterocycles. The van der Waals surface area contributed by atoms with E-state index in [0.29, 0.717) is 25.9 Å². The van der Waals surface area contributed by atoms with Crippen LogP contribution >= 0.6 is 0 Å². The summed E-state index contributed by atoms with van der Waals surface area (Å²) >= 11 is 0. The molecule has 2 atom stereocenters. The molecule has 0 spiro atoms. The zero-order chi connectivity index (χ0) is 22.5. The Hall–Kier alpha value is -1.54. The third kappa shape index (κ3) is 8.01. The van der Waals surface area contributed by atoms with Crippen LogP contribution in [0, 0.1) is 11.3 Å². The van der Waals surface area contributed by atoms with E-state index >= 15 is 0 Å². The maximum Gasteiger partial charge on any atom is 0.412 e. The molecule has 0 saturated carbocycles. The van der Waals surface area contributed by atoms with Crippen molar-refractivity contribution in [1.82, 2.24) is 10.2 Å². The monoisotopic (exact) mass is 427 g/mol. The number of hydrogen-bond acceptors (Lipinski definition) is 5. The molecule has 1 heterocycles. The van der Waals surface area contributed by atoms with Crippen molar-refractivity contribution >= 4 is 21.2 Å². The Kier molecular flexibility index (Phi) is 8.77. The summed E-state index contributed by atoms with van der Waals surface area (Å²) in [5.41, 5.74) is -1.39. The lowest BCUT2D eigenvalue weighted by atomic mass is 9.78. The van der Waals surface area contributed by atoms with E-state index in [1.807, 2.05) is 20.8 Å². The van der Waals surface area contributed by atoms with Gasteiger partial charge in [-0.25, -0.2) is 9.59 Å². The summed E-state index contributed by atoms with van der Waals surface area (Å²) in [5, 5.41) is 2.75. The van der Waals surface area contributed by atoms with Crippen LogP contribution < -0.4 is 5.32 Å². The highest BCUT2D eigenvalue weighted by molar-refractivity contribution is 6.48. The molecule has 8 heteroatoms. The lowest BCUT2D eigenvalue weighted by molar-refractivity contribution is -0.0722. The molecule has 1 fully saturated rings. The molecule has 1 saturated heterocycles. The second-order valence-electron chi connectivity index (χ2n) is 9.88. The standard InChI is InChI=1S/C21H39N2O5Si/c1-10-13-26-17(24)22-12-11-21(28-29(8)9)14-16(19(2,3)4)15-23(21)18(25)27-20(5,6)7/h10,16H,1,11-15H2,2-9H3,(H,22,24)/t16-,21-/m0/s1. The maximum atomic E-state index is 13.1. The first-order chi connectivity index (χ1) is 13.2. The number of nitrogens with one attached hydrogen (secondary N) is 1. The van der Waals surface area contributed by atoms with Crippen LogP contribution in [0.1, 0.15) is 54.4 Å². The Morgan fingerprint density at radius 1 is 1.24 bits per heavy atom. The van der Waals surface area contributed by atoms with Gasteiger partial charge in [-0.05, 0) is 51.6 Å². The molecule has 1 rings (SSSR count). The molecule has 0 aromatic carbocycles. The van der Waals surface area contributed by atoms with Gasteiger partial charge in [0.25, 0.3) is 0 Å². The number of ether oxygens (including phenoxy) is 2. The van der Waals surface area contributed by atoms with Crippen molar-refractivity contribution in [1.29, 1.82) is 0 Å². The van der Waals surface area contributed by atoms with Crippen molar-refractivity contribution in [3.8, 4) is 0 Å². The predicted molar refractivity (Wildman–Crippen MR) is 116 cm³/mol.